The second-order valence-corrected chi connectivity index (χ2v) is 4.97. The normalized spacial score (nSPS) is 10.5. The maximum Gasteiger partial charge on any atom is 0.330 e. The summed E-state index contributed by atoms with van der Waals surface area (Å²) in [6.07, 6.45) is 2.32. The second kappa shape index (κ2) is 7.94. The van der Waals surface area contributed by atoms with Gasteiger partial charge in [-0.3, -0.25) is 4.79 Å². The van der Waals surface area contributed by atoms with Crippen molar-refractivity contribution in [1.82, 2.24) is 0 Å². The topological polar surface area (TPSA) is 52.6 Å². The molecule has 0 N–H and O–H groups in total. The monoisotopic (exact) mass is 310 g/mol. The van der Waals surface area contributed by atoms with Gasteiger partial charge in [0.05, 0.1) is 7.11 Å². The maximum absolute atomic E-state index is 12.0. The highest BCUT2D eigenvalue weighted by molar-refractivity contribution is 6.07. The van der Waals surface area contributed by atoms with Crippen LogP contribution in [0.5, 0.6) is 5.75 Å². The number of benzene rings is 2. The van der Waals surface area contributed by atoms with Crippen molar-refractivity contribution in [3.8, 4) is 5.75 Å². The highest BCUT2D eigenvalue weighted by atomic mass is 16.5. The Morgan fingerprint density at radius 2 is 1.78 bits per heavy atom. The van der Waals surface area contributed by atoms with Gasteiger partial charge in [-0.2, -0.15) is 0 Å². The highest BCUT2D eigenvalue weighted by Gasteiger charge is 2.08. The molecule has 2 aromatic carbocycles. The molecule has 0 aliphatic heterocycles. The van der Waals surface area contributed by atoms with E-state index in [2.05, 4.69) is 4.74 Å². The zero-order valence-electron chi connectivity index (χ0n) is 13.1. The molecule has 118 valence electrons. The zero-order chi connectivity index (χ0) is 16.7. The van der Waals surface area contributed by atoms with Gasteiger partial charge in [-0.1, -0.05) is 30.3 Å². The summed E-state index contributed by atoms with van der Waals surface area (Å²) in [7, 11) is 1.27. The first-order chi connectivity index (χ1) is 11.1. The molecule has 0 aromatic heterocycles. The molecule has 23 heavy (non-hydrogen) atoms. The summed E-state index contributed by atoms with van der Waals surface area (Å²) >= 11 is 0. The lowest BCUT2D eigenvalue weighted by Gasteiger charge is -2.09. The molecule has 0 aliphatic rings. The third kappa shape index (κ3) is 4.81. The zero-order valence-corrected chi connectivity index (χ0v) is 13.1. The lowest BCUT2D eigenvalue weighted by Crippen LogP contribution is -2.02. The van der Waals surface area contributed by atoms with Crippen LogP contribution in [0.3, 0.4) is 0 Å². The average Bonchev–Trinajstić information content (AvgIpc) is 2.58. The molecule has 4 heteroatoms. The van der Waals surface area contributed by atoms with Gasteiger partial charge in [0.1, 0.15) is 12.4 Å². The fraction of sp³-hybridized carbons (Fsp3) is 0.158. The summed E-state index contributed by atoms with van der Waals surface area (Å²) in [5.41, 5.74) is 2.39. The number of carbonyl (C=O) groups excluding carboxylic acids is 2. The summed E-state index contributed by atoms with van der Waals surface area (Å²) in [4.78, 5) is 23.1. The van der Waals surface area contributed by atoms with Gasteiger partial charge in [0.25, 0.3) is 0 Å². The van der Waals surface area contributed by atoms with E-state index in [0.29, 0.717) is 17.9 Å². The van der Waals surface area contributed by atoms with E-state index in [-0.39, 0.29) is 5.78 Å². The number of methoxy groups -OCH3 is 1. The first kappa shape index (κ1) is 16.5. The van der Waals surface area contributed by atoms with Gasteiger partial charge >= 0.3 is 5.97 Å². The number of rotatable bonds is 6. The summed E-state index contributed by atoms with van der Waals surface area (Å²) in [6.45, 7) is 2.30. The van der Waals surface area contributed by atoms with E-state index in [4.69, 9.17) is 4.74 Å². The Hall–Kier alpha value is -2.88. The SMILES string of the molecule is COC(=O)/C=C/C(=O)c1ccc(OCc2ccccc2)cc1C. The van der Waals surface area contributed by atoms with E-state index < -0.39 is 5.97 Å². The van der Waals surface area contributed by atoms with Crippen molar-refractivity contribution >= 4 is 11.8 Å². The standard InChI is InChI=1S/C19H18O4/c1-14-12-16(23-13-15-6-4-3-5-7-15)8-9-17(14)18(20)10-11-19(21)22-2/h3-12H,13H2,1-2H3/b11-10+. The van der Waals surface area contributed by atoms with Crippen LogP contribution >= 0.6 is 0 Å². The van der Waals surface area contributed by atoms with Crippen molar-refractivity contribution < 1.29 is 19.1 Å². The Bertz CT molecular complexity index is 717. The number of carbonyl (C=O) groups is 2. The molecule has 0 unspecified atom stereocenters. The van der Waals surface area contributed by atoms with Crippen molar-refractivity contribution in [1.29, 1.82) is 0 Å². The Labute approximate surface area is 135 Å². The summed E-state index contributed by atoms with van der Waals surface area (Å²) in [6, 6.07) is 15.1. The third-order valence-corrected chi connectivity index (χ3v) is 3.28. The molecule has 0 saturated carbocycles. The fourth-order valence-corrected chi connectivity index (χ4v) is 2.04. The number of ether oxygens (including phenoxy) is 2. The van der Waals surface area contributed by atoms with E-state index in [1.807, 2.05) is 43.3 Å². The van der Waals surface area contributed by atoms with Crippen LogP contribution in [-0.4, -0.2) is 18.9 Å². The summed E-state index contributed by atoms with van der Waals surface area (Å²) in [5, 5.41) is 0. The molecule has 0 fully saturated rings. The number of hydrogen-bond acceptors (Lipinski definition) is 4. The van der Waals surface area contributed by atoms with Crippen molar-refractivity contribution in [3.05, 3.63) is 77.4 Å². The molecular weight excluding hydrogens is 292 g/mol. The largest absolute Gasteiger partial charge is 0.489 e. The van der Waals surface area contributed by atoms with Crippen LogP contribution in [0.25, 0.3) is 0 Å². The molecule has 0 amide bonds. The predicted molar refractivity (Wildman–Crippen MR) is 87.4 cm³/mol. The Morgan fingerprint density at radius 1 is 1.04 bits per heavy atom. The minimum absolute atomic E-state index is 0.248. The van der Waals surface area contributed by atoms with Crippen molar-refractivity contribution in [2.24, 2.45) is 0 Å². The third-order valence-electron chi connectivity index (χ3n) is 3.28. The van der Waals surface area contributed by atoms with Crippen LogP contribution < -0.4 is 4.74 Å². The van der Waals surface area contributed by atoms with Gasteiger partial charge in [-0.05, 0) is 42.3 Å². The first-order valence-corrected chi connectivity index (χ1v) is 7.18. The molecule has 0 heterocycles. The number of esters is 1. The molecule has 0 atom stereocenters. The molecule has 0 spiro atoms. The van der Waals surface area contributed by atoms with E-state index in [1.165, 1.54) is 13.2 Å². The van der Waals surface area contributed by atoms with Gasteiger partial charge in [-0.25, -0.2) is 4.79 Å². The van der Waals surface area contributed by atoms with Crippen LogP contribution in [0, 0.1) is 6.92 Å². The van der Waals surface area contributed by atoms with Crippen LogP contribution in [0.2, 0.25) is 0 Å². The molecule has 4 nitrogen and oxygen atoms in total. The highest BCUT2D eigenvalue weighted by Crippen LogP contribution is 2.19. The van der Waals surface area contributed by atoms with Crippen LogP contribution in [0.1, 0.15) is 21.5 Å². The van der Waals surface area contributed by atoms with E-state index in [1.54, 1.807) is 12.1 Å². The van der Waals surface area contributed by atoms with E-state index in [9.17, 15) is 9.59 Å². The van der Waals surface area contributed by atoms with Gasteiger partial charge in [0.2, 0.25) is 0 Å². The van der Waals surface area contributed by atoms with Crippen molar-refractivity contribution in [3.63, 3.8) is 0 Å². The lowest BCUT2D eigenvalue weighted by atomic mass is 10.0. The van der Waals surface area contributed by atoms with Crippen LogP contribution in [-0.2, 0) is 16.1 Å². The van der Waals surface area contributed by atoms with E-state index in [0.717, 1.165) is 17.2 Å². The second-order valence-electron chi connectivity index (χ2n) is 4.97. The summed E-state index contributed by atoms with van der Waals surface area (Å²) < 4.78 is 10.2. The first-order valence-electron chi connectivity index (χ1n) is 7.18. The van der Waals surface area contributed by atoms with E-state index >= 15 is 0 Å². The number of allylic oxidation sites excluding steroid dienone is 1. The Kier molecular flexibility index (Phi) is 5.69. The molecule has 2 rings (SSSR count). The minimum Gasteiger partial charge on any atom is -0.489 e. The molecule has 0 aliphatic carbocycles. The van der Waals surface area contributed by atoms with Crippen LogP contribution in [0.4, 0.5) is 0 Å². The number of ketones is 1. The predicted octanol–water partition coefficient (Wildman–Crippen LogP) is 3.49. The van der Waals surface area contributed by atoms with Crippen LogP contribution in [0.15, 0.2) is 60.7 Å². The van der Waals surface area contributed by atoms with Crippen molar-refractivity contribution in [2.75, 3.05) is 7.11 Å². The van der Waals surface area contributed by atoms with Gasteiger partial charge < -0.3 is 9.47 Å². The maximum atomic E-state index is 12.0. The minimum atomic E-state index is -0.557. The Morgan fingerprint density at radius 3 is 2.43 bits per heavy atom. The molecule has 2 aromatic rings. The lowest BCUT2D eigenvalue weighted by molar-refractivity contribution is -0.134. The number of aryl methyl sites for hydroxylation is 1. The van der Waals surface area contributed by atoms with Gasteiger partial charge in [0, 0.05) is 11.6 Å². The van der Waals surface area contributed by atoms with Crippen molar-refractivity contribution in [2.45, 2.75) is 13.5 Å². The van der Waals surface area contributed by atoms with Gasteiger partial charge in [0.15, 0.2) is 5.78 Å². The molecule has 0 radical (unpaired) electrons. The van der Waals surface area contributed by atoms with Gasteiger partial charge in [-0.15, -0.1) is 0 Å². The average molecular weight is 310 g/mol. The fourth-order valence-electron chi connectivity index (χ4n) is 2.04. The smallest absolute Gasteiger partial charge is 0.330 e. The molecule has 0 bridgehead atoms. The molecule has 0 saturated heterocycles. The Balaban J connectivity index is 2.04. The number of hydrogen-bond donors (Lipinski definition) is 0. The summed E-state index contributed by atoms with van der Waals surface area (Å²) in [5.74, 6) is -0.110. The quantitative estimate of drug-likeness (QED) is 0.465. The molecular formula is C19H18O4.